The Bertz CT molecular complexity index is 637. The first-order chi connectivity index (χ1) is 9.63. The highest BCUT2D eigenvalue weighted by Crippen LogP contribution is 2.34. The molecule has 3 rings (SSSR count). The number of benzene rings is 2. The zero-order valence-electron chi connectivity index (χ0n) is 11.4. The van der Waals surface area contributed by atoms with Crippen molar-refractivity contribution in [2.45, 2.75) is 42.1 Å². The molecular formula is C17H17FOS. The third-order valence-electron chi connectivity index (χ3n) is 3.74. The minimum Gasteiger partial charge on any atom is -0.389 e. The van der Waals surface area contributed by atoms with Crippen molar-refractivity contribution in [2.24, 2.45) is 0 Å². The van der Waals surface area contributed by atoms with Crippen LogP contribution in [0.25, 0.3) is 0 Å². The smallest absolute Gasteiger partial charge is 0.137 e. The third-order valence-corrected chi connectivity index (χ3v) is 4.78. The number of aryl methyl sites for hydroxylation is 2. The summed E-state index contributed by atoms with van der Waals surface area (Å²) in [5.41, 5.74) is 3.44. The normalized spacial score (nSPS) is 15.2. The molecule has 20 heavy (non-hydrogen) atoms. The van der Waals surface area contributed by atoms with E-state index < -0.39 is 6.10 Å². The Morgan fingerprint density at radius 3 is 2.65 bits per heavy atom. The molecule has 1 nitrogen and oxygen atoms in total. The van der Waals surface area contributed by atoms with Crippen molar-refractivity contribution in [2.75, 3.05) is 0 Å². The molecule has 1 aliphatic rings. The minimum absolute atomic E-state index is 0.270. The summed E-state index contributed by atoms with van der Waals surface area (Å²) in [5.74, 6) is -0.270. The number of aliphatic hydroxyl groups excluding tert-OH is 1. The predicted molar refractivity (Wildman–Crippen MR) is 79.6 cm³/mol. The van der Waals surface area contributed by atoms with Crippen molar-refractivity contribution in [3.63, 3.8) is 0 Å². The molecule has 0 unspecified atom stereocenters. The third kappa shape index (κ3) is 2.74. The molecule has 0 fully saturated rings. The summed E-state index contributed by atoms with van der Waals surface area (Å²) in [6.45, 7) is 1.64. The van der Waals surface area contributed by atoms with E-state index in [2.05, 4.69) is 18.2 Å². The molecule has 0 saturated heterocycles. The summed E-state index contributed by atoms with van der Waals surface area (Å²) in [6, 6.07) is 11.3. The van der Waals surface area contributed by atoms with Gasteiger partial charge >= 0.3 is 0 Å². The van der Waals surface area contributed by atoms with Crippen molar-refractivity contribution in [3.8, 4) is 0 Å². The molecule has 3 heteroatoms. The summed E-state index contributed by atoms with van der Waals surface area (Å²) in [6.07, 6.45) is 2.88. The second-order valence-electron chi connectivity index (χ2n) is 5.25. The van der Waals surface area contributed by atoms with Crippen LogP contribution in [0.2, 0.25) is 0 Å². The van der Waals surface area contributed by atoms with Gasteiger partial charge in [0.15, 0.2) is 0 Å². The van der Waals surface area contributed by atoms with Gasteiger partial charge in [-0.1, -0.05) is 23.9 Å². The Morgan fingerprint density at radius 2 is 1.90 bits per heavy atom. The predicted octanol–water partition coefficient (Wildman–Crippen LogP) is 4.52. The summed E-state index contributed by atoms with van der Waals surface area (Å²) in [7, 11) is 0. The van der Waals surface area contributed by atoms with E-state index in [1.54, 1.807) is 19.1 Å². The number of halogens is 1. The lowest BCUT2D eigenvalue weighted by atomic mass is 10.1. The van der Waals surface area contributed by atoms with Crippen LogP contribution in [0.15, 0.2) is 46.2 Å². The van der Waals surface area contributed by atoms with Gasteiger partial charge < -0.3 is 5.11 Å². The van der Waals surface area contributed by atoms with Crippen molar-refractivity contribution in [3.05, 3.63) is 58.9 Å². The van der Waals surface area contributed by atoms with Gasteiger partial charge in [0.1, 0.15) is 5.82 Å². The molecule has 0 radical (unpaired) electrons. The lowest BCUT2D eigenvalue weighted by Crippen LogP contribution is -1.93. The van der Waals surface area contributed by atoms with E-state index in [0.29, 0.717) is 10.5 Å². The second kappa shape index (κ2) is 5.58. The Kier molecular flexibility index (Phi) is 3.81. The highest BCUT2D eigenvalue weighted by atomic mass is 32.2. The zero-order chi connectivity index (χ0) is 14.1. The lowest BCUT2D eigenvalue weighted by Gasteiger charge is -2.09. The average Bonchev–Trinajstić information content (AvgIpc) is 2.88. The van der Waals surface area contributed by atoms with Crippen molar-refractivity contribution < 1.29 is 9.50 Å². The molecule has 1 aliphatic carbocycles. The summed E-state index contributed by atoms with van der Waals surface area (Å²) >= 11 is 1.44. The van der Waals surface area contributed by atoms with Crippen LogP contribution in [0.5, 0.6) is 0 Å². The van der Waals surface area contributed by atoms with Gasteiger partial charge in [0.25, 0.3) is 0 Å². The number of fused-ring (bicyclic) bond motifs is 1. The van der Waals surface area contributed by atoms with Crippen LogP contribution in [0.1, 0.15) is 36.1 Å². The van der Waals surface area contributed by atoms with Gasteiger partial charge in [-0.05, 0) is 67.1 Å². The molecule has 0 heterocycles. The number of rotatable bonds is 3. The number of hydrogen-bond donors (Lipinski definition) is 1. The molecule has 1 atom stereocenters. The maximum Gasteiger partial charge on any atom is 0.137 e. The fourth-order valence-electron chi connectivity index (χ4n) is 2.60. The fourth-order valence-corrected chi connectivity index (χ4v) is 3.48. The molecule has 2 aromatic rings. The van der Waals surface area contributed by atoms with Crippen LogP contribution >= 0.6 is 11.8 Å². The van der Waals surface area contributed by atoms with Crippen LogP contribution in [-0.2, 0) is 12.8 Å². The van der Waals surface area contributed by atoms with E-state index in [0.717, 1.165) is 17.7 Å². The van der Waals surface area contributed by atoms with Gasteiger partial charge in [-0.3, -0.25) is 0 Å². The molecular weight excluding hydrogens is 271 g/mol. The fraction of sp³-hybridized carbons (Fsp3) is 0.294. The van der Waals surface area contributed by atoms with Gasteiger partial charge in [0.2, 0.25) is 0 Å². The standard InChI is InChI=1S/C17H17FOS/c1-11(19)13-6-8-17(16(18)10-13)20-15-7-5-12-3-2-4-14(12)9-15/h5-11,19H,2-4H2,1H3/t11-/m0/s1. The first-order valence-corrected chi connectivity index (χ1v) is 7.72. The van der Waals surface area contributed by atoms with Crippen LogP contribution in [0.3, 0.4) is 0 Å². The van der Waals surface area contributed by atoms with E-state index in [9.17, 15) is 9.50 Å². The van der Waals surface area contributed by atoms with Crippen molar-refractivity contribution in [1.82, 2.24) is 0 Å². The Balaban J connectivity index is 1.84. The van der Waals surface area contributed by atoms with Crippen LogP contribution < -0.4 is 0 Å². The first kappa shape index (κ1) is 13.7. The number of aliphatic hydroxyl groups is 1. The van der Waals surface area contributed by atoms with Gasteiger partial charge in [-0.2, -0.15) is 0 Å². The summed E-state index contributed by atoms with van der Waals surface area (Å²) in [5, 5.41) is 9.46. The SMILES string of the molecule is C[C@H](O)c1ccc(Sc2ccc3c(c2)CCC3)c(F)c1. The van der Waals surface area contributed by atoms with E-state index >= 15 is 0 Å². The molecule has 104 valence electrons. The summed E-state index contributed by atoms with van der Waals surface area (Å²) < 4.78 is 14.0. The second-order valence-corrected chi connectivity index (χ2v) is 6.37. The van der Waals surface area contributed by atoms with Crippen molar-refractivity contribution in [1.29, 1.82) is 0 Å². The monoisotopic (exact) mass is 288 g/mol. The van der Waals surface area contributed by atoms with Gasteiger partial charge in [0.05, 0.1) is 6.10 Å². The Hall–Kier alpha value is -1.32. The van der Waals surface area contributed by atoms with Crippen LogP contribution in [0, 0.1) is 5.82 Å². The largest absolute Gasteiger partial charge is 0.389 e. The highest BCUT2D eigenvalue weighted by molar-refractivity contribution is 7.99. The van der Waals surface area contributed by atoms with E-state index in [1.165, 1.54) is 35.4 Å². The maximum atomic E-state index is 14.0. The van der Waals surface area contributed by atoms with E-state index in [4.69, 9.17) is 0 Å². The van der Waals surface area contributed by atoms with E-state index in [-0.39, 0.29) is 5.82 Å². The van der Waals surface area contributed by atoms with Gasteiger partial charge in [-0.25, -0.2) is 4.39 Å². The average molecular weight is 288 g/mol. The molecule has 0 aromatic heterocycles. The van der Waals surface area contributed by atoms with Gasteiger partial charge in [-0.15, -0.1) is 0 Å². The van der Waals surface area contributed by atoms with Crippen LogP contribution in [0.4, 0.5) is 4.39 Å². The number of hydrogen-bond acceptors (Lipinski definition) is 2. The molecule has 0 bridgehead atoms. The topological polar surface area (TPSA) is 20.2 Å². The maximum absolute atomic E-state index is 14.0. The molecule has 0 spiro atoms. The zero-order valence-corrected chi connectivity index (χ0v) is 12.2. The van der Waals surface area contributed by atoms with E-state index in [1.807, 2.05) is 0 Å². The molecule has 2 aromatic carbocycles. The Labute approximate surface area is 122 Å². The Morgan fingerprint density at radius 1 is 1.10 bits per heavy atom. The first-order valence-electron chi connectivity index (χ1n) is 6.90. The quantitative estimate of drug-likeness (QED) is 0.896. The summed E-state index contributed by atoms with van der Waals surface area (Å²) in [4.78, 5) is 1.68. The highest BCUT2D eigenvalue weighted by Gasteiger charge is 2.13. The van der Waals surface area contributed by atoms with Crippen LogP contribution in [-0.4, -0.2) is 5.11 Å². The molecule has 0 saturated carbocycles. The van der Waals surface area contributed by atoms with Gasteiger partial charge in [0, 0.05) is 9.79 Å². The minimum atomic E-state index is -0.636. The molecule has 0 aliphatic heterocycles. The molecule has 0 amide bonds. The van der Waals surface area contributed by atoms with Crippen molar-refractivity contribution >= 4 is 11.8 Å². The lowest BCUT2D eigenvalue weighted by molar-refractivity contribution is 0.198. The molecule has 1 N–H and O–H groups in total.